The molecule has 2 aliphatic rings. The van der Waals surface area contributed by atoms with Gasteiger partial charge >= 0.3 is 5.91 Å². The van der Waals surface area contributed by atoms with Crippen molar-refractivity contribution < 1.29 is 33.6 Å². The van der Waals surface area contributed by atoms with Gasteiger partial charge in [-0.2, -0.15) is 0 Å². The lowest BCUT2D eigenvalue weighted by Crippen LogP contribution is -2.29. The molecule has 42 heavy (non-hydrogen) atoms. The minimum Gasteiger partial charge on any atom is -0.507 e. The number of ketones is 1. The van der Waals surface area contributed by atoms with Crippen molar-refractivity contribution in [3.63, 3.8) is 0 Å². The van der Waals surface area contributed by atoms with Gasteiger partial charge in [0.2, 0.25) is 0 Å². The number of carbonyl (C=O) groups is 2. The third-order valence-corrected chi connectivity index (χ3v) is 8.17. The van der Waals surface area contributed by atoms with Crippen LogP contribution >= 0.6 is 11.3 Å². The Morgan fingerprint density at radius 2 is 1.71 bits per heavy atom. The zero-order chi connectivity index (χ0) is 29.5. The number of rotatable bonds is 7. The molecule has 0 saturated carbocycles. The molecule has 1 atom stereocenters. The Labute approximate surface area is 246 Å². The van der Waals surface area contributed by atoms with E-state index in [-0.39, 0.29) is 11.3 Å². The van der Waals surface area contributed by atoms with Crippen LogP contribution in [0.2, 0.25) is 0 Å². The van der Waals surface area contributed by atoms with E-state index in [0.29, 0.717) is 65.7 Å². The number of ether oxygens (including phenoxy) is 4. The van der Waals surface area contributed by atoms with Gasteiger partial charge in [-0.3, -0.25) is 14.5 Å². The molecule has 3 aromatic carbocycles. The van der Waals surface area contributed by atoms with E-state index in [1.54, 1.807) is 36.4 Å². The Balaban J connectivity index is 1.56. The molecule has 0 bridgehead atoms. The number of aryl methyl sites for hydroxylation is 2. The summed E-state index contributed by atoms with van der Waals surface area (Å²) in [5.41, 5.74) is 3.63. The fraction of sp³-hybridized carbons (Fsp3) is 0.281. The highest BCUT2D eigenvalue weighted by atomic mass is 32.1. The number of benzene rings is 3. The Morgan fingerprint density at radius 3 is 2.48 bits per heavy atom. The van der Waals surface area contributed by atoms with Crippen molar-refractivity contribution in [2.45, 2.75) is 33.7 Å². The number of carbonyl (C=O) groups excluding carboxylic acids is 2. The molecular weight excluding hydrogens is 556 g/mol. The fourth-order valence-corrected chi connectivity index (χ4v) is 6.56. The van der Waals surface area contributed by atoms with Gasteiger partial charge in [0.25, 0.3) is 5.78 Å². The molecule has 0 aliphatic carbocycles. The second kappa shape index (κ2) is 11.0. The summed E-state index contributed by atoms with van der Waals surface area (Å²) >= 11 is 1.33. The van der Waals surface area contributed by atoms with Crippen molar-refractivity contribution in [3.8, 4) is 23.0 Å². The minimum atomic E-state index is -0.977. The summed E-state index contributed by atoms with van der Waals surface area (Å²) in [6.07, 6.45) is 0. The van der Waals surface area contributed by atoms with Crippen molar-refractivity contribution in [1.29, 1.82) is 0 Å². The number of hydrogen-bond donors (Lipinski definition) is 1. The molecular formula is C32H30N2O7S. The van der Waals surface area contributed by atoms with Crippen molar-refractivity contribution in [1.82, 2.24) is 4.98 Å². The van der Waals surface area contributed by atoms with Crippen LogP contribution in [0.15, 0.2) is 54.1 Å². The second-order valence-electron chi connectivity index (χ2n) is 10.0. The normalized spacial score (nSPS) is 17.6. The molecule has 0 spiro atoms. The predicted octanol–water partition coefficient (Wildman–Crippen LogP) is 6.11. The lowest BCUT2D eigenvalue weighted by Gasteiger charge is -2.24. The molecule has 216 valence electrons. The first-order valence-electron chi connectivity index (χ1n) is 13.8. The third-order valence-electron chi connectivity index (χ3n) is 7.17. The van der Waals surface area contributed by atoms with Gasteiger partial charge in [0.05, 0.1) is 35.0 Å². The van der Waals surface area contributed by atoms with Crippen molar-refractivity contribution in [2.75, 3.05) is 31.3 Å². The number of anilines is 1. The maximum absolute atomic E-state index is 13.8. The second-order valence-corrected chi connectivity index (χ2v) is 11.0. The molecule has 1 unspecified atom stereocenters. The minimum absolute atomic E-state index is 0.0598. The molecule has 10 heteroatoms. The molecule has 4 aromatic rings. The molecule has 6 rings (SSSR count). The molecule has 1 amide bonds. The topological polar surface area (TPSA) is 107 Å². The number of aliphatic hydroxyl groups is 1. The van der Waals surface area contributed by atoms with Crippen LogP contribution in [0.5, 0.6) is 23.0 Å². The van der Waals surface area contributed by atoms with Gasteiger partial charge in [-0.25, -0.2) is 4.98 Å². The quantitative estimate of drug-likeness (QED) is 0.157. The lowest BCUT2D eigenvalue weighted by atomic mass is 9.95. The molecule has 3 heterocycles. The average molecular weight is 587 g/mol. The van der Waals surface area contributed by atoms with Crippen LogP contribution in [-0.2, 0) is 9.59 Å². The lowest BCUT2D eigenvalue weighted by molar-refractivity contribution is -0.132. The van der Waals surface area contributed by atoms with Gasteiger partial charge < -0.3 is 24.1 Å². The van der Waals surface area contributed by atoms with Gasteiger partial charge in [-0.1, -0.05) is 23.5 Å². The SMILES string of the molecule is CCOc1ccc(C2C(=C(O)c3ccc4c(c3)OCCO4)C(=O)C(=O)N2c2nc3c(C)cc(C)cc3s2)cc1OCC. The van der Waals surface area contributed by atoms with E-state index in [1.807, 2.05) is 39.8 Å². The zero-order valence-corrected chi connectivity index (χ0v) is 24.5. The average Bonchev–Trinajstić information content (AvgIpc) is 3.52. The van der Waals surface area contributed by atoms with Gasteiger partial charge in [0, 0.05) is 5.56 Å². The van der Waals surface area contributed by atoms with Crippen molar-refractivity contribution >= 4 is 44.1 Å². The van der Waals surface area contributed by atoms with E-state index in [2.05, 4.69) is 0 Å². The van der Waals surface area contributed by atoms with Crippen LogP contribution in [0.25, 0.3) is 16.0 Å². The largest absolute Gasteiger partial charge is 0.507 e. The van der Waals surface area contributed by atoms with E-state index in [0.717, 1.165) is 21.3 Å². The molecule has 9 nitrogen and oxygen atoms in total. The van der Waals surface area contributed by atoms with Gasteiger partial charge in [0.1, 0.15) is 19.0 Å². The van der Waals surface area contributed by atoms with Crippen LogP contribution < -0.4 is 23.8 Å². The highest BCUT2D eigenvalue weighted by Crippen LogP contribution is 2.47. The first kappa shape index (κ1) is 27.6. The smallest absolute Gasteiger partial charge is 0.301 e. The highest BCUT2D eigenvalue weighted by Gasteiger charge is 2.48. The van der Waals surface area contributed by atoms with E-state index in [4.69, 9.17) is 23.9 Å². The number of fused-ring (bicyclic) bond motifs is 2. The van der Waals surface area contributed by atoms with E-state index in [1.165, 1.54) is 16.2 Å². The van der Waals surface area contributed by atoms with E-state index >= 15 is 0 Å². The summed E-state index contributed by atoms with van der Waals surface area (Å²) in [5, 5.41) is 12.0. The summed E-state index contributed by atoms with van der Waals surface area (Å²) in [7, 11) is 0. The number of Topliss-reactive ketones (excluding diaryl/α,β-unsaturated/α-hetero) is 1. The summed E-state index contributed by atoms with van der Waals surface area (Å²) in [5.74, 6) is 0.0923. The molecule has 0 radical (unpaired) electrons. The van der Waals surface area contributed by atoms with Gasteiger partial charge in [0.15, 0.2) is 28.1 Å². The van der Waals surface area contributed by atoms with E-state index in [9.17, 15) is 14.7 Å². The van der Waals surface area contributed by atoms with Crippen LogP contribution in [0, 0.1) is 13.8 Å². The highest BCUT2D eigenvalue weighted by molar-refractivity contribution is 7.22. The maximum Gasteiger partial charge on any atom is 0.301 e. The zero-order valence-electron chi connectivity index (χ0n) is 23.7. The van der Waals surface area contributed by atoms with Crippen LogP contribution in [0.4, 0.5) is 5.13 Å². The van der Waals surface area contributed by atoms with Crippen LogP contribution in [0.1, 0.15) is 42.1 Å². The molecule has 2 aliphatic heterocycles. The van der Waals surface area contributed by atoms with E-state index < -0.39 is 17.7 Å². The van der Waals surface area contributed by atoms with Gasteiger partial charge in [-0.15, -0.1) is 0 Å². The summed E-state index contributed by atoms with van der Waals surface area (Å²) < 4.78 is 23.8. The predicted molar refractivity (Wildman–Crippen MR) is 160 cm³/mol. The monoisotopic (exact) mass is 586 g/mol. The molecule has 1 aromatic heterocycles. The number of aliphatic hydroxyl groups excluding tert-OH is 1. The van der Waals surface area contributed by atoms with Crippen LogP contribution in [-0.4, -0.2) is 48.2 Å². The fourth-order valence-electron chi connectivity index (χ4n) is 5.39. The Hall–Kier alpha value is -4.57. The first-order valence-corrected chi connectivity index (χ1v) is 14.6. The molecule has 1 N–H and O–H groups in total. The number of thiazole rings is 1. The van der Waals surface area contributed by atoms with Crippen molar-refractivity contribution in [2.24, 2.45) is 0 Å². The number of nitrogens with zero attached hydrogens (tertiary/aromatic N) is 2. The standard InChI is InChI=1S/C32H30N2O7S/c1-5-38-21-9-7-19(15-23(21)39-6-2)28-26(29(35)20-8-10-22-24(16-20)41-12-11-40-22)30(36)31(37)34(28)32-33-27-18(4)13-17(3)14-25(27)42-32/h7-10,13-16,28,35H,5-6,11-12H2,1-4H3. The Bertz CT molecular complexity index is 1760. The summed E-state index contributed by atoms with van der Waals surface area (Å²) in [6, 6.07) is 13.3. The number of amides is 1. The number of hydrogen-bond acceptors (Lipinski definition) is 9. The van der Waals surface area contributed by atoms with Crippen molar-refractivity contribution in [3.05, 3.63) is 76.4 Å². The maximum atomic E-state index is 13.8. The van der Waals surface area contributed by atoms with Gasteiger partial charge in [-0.05, 0) is 80.8 Å². The Kier molecular flexibility index (Phi) is 7.24. The third kappa shape index (κ3) is 4.71. The number of aromatic nitrogens is 1. The molecule has 1 fully saturated rings. The first-order chi connectivity index (χ1) is 20.3. The Morgan fingerprint density at radius 1 is 0.976 bits per heavy atom. The molecule has 1 saturated heterocycles. The summed E-state index contributed by atoms with van der Waals surface area (Å²) in [6.45, 7) is 9.32. The van der Waals surface area contributed by atoms with Crippen LogP contribution in [0.3, 0.4) is 0 Å². The summed E-state index contributed by atoms with van der Waals surface area (Å²) in [4.78, 5) is 33.7.